The van der Waals surface area contributed by atoms with Crippen LogP contribution in [-0.2, 0) is 24.2 Å². The van der Waals surface area contributed by atoms with Gasteiger partial charge in [-0.2, -0.15) is 0 Å². The van der Waals surface area contributed by atoms with Crippen molar-refractivity contribution >= 4 is 23.2 Å². The van der Waals surface area contributed by atoms with E-state index < -0.39 is 0 Å². The van der Waals surface area contributed by atoms with Crippen LogP contribution in [0.25, 0.3) is 0 Å². The molecular formula is C24H26N2O2S. The highest BCUT2D eigenvalue weighted by molar-refractivity contribution is 7.14. The van der Waals surface area contributed by atoms with E-state index in [1.54, 1.807) is 0 Å². The number of nitrogens with zero attached hydrogens (tertiary/aromatic N) is 1. The summed E-state index contributed by atoms with van der Waals surface area (Å²) in [4.78, 5) is 27.9. The summed E-state index contributed by atoms with van der Waals surface area (Å²) in [7, 11) is 0. The van der Waals surface area contributed by atoms with Crippen LogP contribution < -0.4 is 5.32 Å². The minimum absolute atomic E-state index is 0.0518. The van der Waals surface area contributed by atoms with Gasteiger partial charge in [0.05, 0.1) is 11.4 Å². The van der Waals surface area contributed by atoms with Gasteiger partial charge in [0.2, 0.25) is 5.91 Å². The highest BCUT2D eigenvalue weighted by atomic mass is 32.1. The third kappa shape index (κ3) is 6.57. The first-order valence-electron chi connectivity index (χ1n) is 9.82. The van der Waals surface area contributed by atoms with Gasteiger partial charge >= 0.3 is 0 Å². The maximum Gasteiger partial charge on any atom is 0.263 e. The molecule has 1 aromatic heterocycles. The summed E-state index contributed by atoms with van der Waals surface area (Å²) < 4.78 is 0. The molecule has 1 heterocycles. The second kappa shape index (κ2) is 10.6. The number of carbonyl (C=O) groups excluding carboxylic acids is 2. The standard InChI is InChI=1S/C24H26N2O2S/c1-19(27)25-18-22-12-13-23(29-22)24(28)26(16-14-20-8-4-2-5-9-20)17-15-21-10-6-3-7-11-21/h2-13H,14-18H2,1H3,(H,25,27). The number of hydrogen-bond acceptors (Lipinski definition) is 3. The molecule has 0 bridgehead atoms. The molecule has 0 aliphatic heterocycles. The lowest BCUT2D eigenvalue weighted by atomic mass is 10.1. The fourth-order valence-electron chi connectivity index (χ4n) is 3.09. The predicted molar refractivity (Wildman–Crippen MR) is 118 cm³/mol. The van der Waals surface area contributed by atoms with Crippen LogP contribution in [0, 0.1) is 0 Å². The summed E-state index contributed by atoms with van der Waals surface area (Å²) in [6, 6.07) is 24.3. The molecule has 0 saturated heterocycles. The van der Waals surface area contributed by atoms with E-state index in [1.165, 1.54) is 29.4 Å². The largest absolute Gasteiger partial charge is 0.351 e. The predicted octanol–water partition coefficient (Wildman–Crippen LogP) is 4.31. The second-order valence-electron chi connectivity index (χ2n) is 6.94. The van der Waals surface area contributed by atoms with Gasteiger partial charge in [0, 0.05) is 24.9 Å². The number of benzene rings is 2. The van der Waals surface area contributed by atoms with Crippen LogP contribution in [0.1, 0.15) is 32.6 Å². The Morgan fingerprint density at radius 3 is 1.90 bits per heavy atom. The Hall–Kier alpha value is -2.92. The van der Waals surface area contributed by atoms with Crippen LogP contribution in [0.2, 0.25) is 0 Å². The molecule has 2 aromatic carbocycles. The molecular weight excluding hydrogens is 380 g/mol. The average Bonchev–Trinajstić information content (AvgIpc) is 3.22. The van der Waals surface area contributed by atoms with Gasteiger partial charge in [0.1, 0.15) is 0 Å². The molecule has 0 aliphatic rings. The minimum atomic E-state index is -0.0707. The number of rotatable bonds is 9. The SMILES string of the molecule is CC(=O)NCc1ccc(C(=O)N(CCc2ccccc2)CCc2ccccc2)s1. The number of carbonyl (C=O) groups is 2. The quantitative estimate of drug-likeness (QED) is 0.576. The smallest absolute Gasteiger partial charge is 0.263 e. The first-order chi connectivity index (χ1) is 14.1. The summed E-state index contributed by atoms with van der Waals surface area (Å²) in [6.45, 7) is 3.30. The van der Waals surface area contributed by atoms with Crippen molar-refractivity contribution in [2.45, 2.75) is 26.3 Å². The summed E-state index contributed by atoms with van der Waals surface area (Å²) in [5.74, 6) is -0.0189. The molecule has 1 N–H and O–H groups in total. The molecule has 3 aromatic rings. The molecule has 29 heavy (non-hydrogen) atoms. The zero-order valence-electron chi connectivity index (χ0n) is 16.6. The molecule has 2 amide bonds. The topological polar surface area (TPSA) is 49.4 Å². The van der Waals surface area contributed by atoms with Crippen LogP contribution in [0.5, 0.6) is 0 Å². The van der Waals surface area contributed by atoms with Crippen molar-refractivity contribution in [1.82, 2.24) is 10.2 Å². The summed E-state index contributed by atoms with van der Waals surface area (Å²) in [6.07, 6.45) is 1.65. The lowest BCUT2D eigenvalue weighted by molar-refractivity contribution is -0.119. The van der Waals surface area contributed by atoms with Gasteiger partial charge in [-0.1, -0.05) is 60.7 Å². The van der Waals surface area contributed by atoms with E-state index in [0.29, 0.717) is 24.5 Å². The van der Waals surface area contributed by atoms with Gasteiger partial charge < -0.3 is 10.2 Å². The Bertz CT molecular complexity index is 879. The Balaban J connectivity index is 1.68. The van der Waals surface area contributed by atoms with Crippen molar-refractivity contribution in [1.29, 1.82) is 0 Å². The second-order valence-corrected chi connectivity index (χ2v) is 8.11. The first kappa shape index (κ1) is 20.8. The Labute approximate surface area is 176 Å². The average molecular weight is 407 g/mol. The van der Waals surface area contributed by atoms with Crippen molar-refractivity contribution in [3.63, 3.8) is 0 Å². The van der Waals surface area contributed by atoms with Crippen LogP contribution in [0.3, 0.4) is 0 Å². The monoisotopic (exact) mass is 406 g/mol. The molecule has 5 heteroatoms. The van der Waals surface area contributed by atoms with E-state index in [0.717, 1.165) is 17.7 Å². The van der Waals surface area contributed by atoms with Gasteiger partial charge in [-0.3, -0.25) is 9.59 Å². The van der Waals surface area contributed by atoms with Crippen molar-refractivity contribution in [2.24, 2.45) is 0 Å². The number of thiophene rings is 1. The Morgan fingerprint density at radius 2 is 1.38 bits per heavy atom. The van der Waals surface area contributed by atoms with Crippen molar-refractivity contribution in [3.05, 3.63) is 93.7 Å². The van der Waals surface area contributed by atoms with E-state index in [4.69, 9.17) is 0 Å². The zero-order valence-corrected chi connectivity index (χ0v) is 17.5. The lowest BCUT2D eigenvalue weighted by Gasteiger charge is -2.22. The van der Waals surface area contributed by atoms with Crippen LogP contribution in [0.15, 0.2) is 72.8 Å². The van der Waals surface area contributed by atoms with E-state index >= 15 is 0 Å². The maximum atomic E-state index is 13.2. The van der Waals surface area contributed by atoms with Crippen molar-refractivity contribution in [3.8, 4) is 0 Å². The van der Waals surface area contributed by atoms with Crippen LogP contribution in [0.4, 0.5) is 0 Å². The van der Waals surface area contributed by atoms with Gasteiger partial charge in [0.25, 0.3) is 5.91 Å². The fourth-order valence-corrected chi connectivity index (χ4v) is 4.00. The Morgan fingerprint density at radius 1 is 0.828 bits per heavy atom. The maximum absolute atomic E-state index is 13.2. The third-order valence-electron chi connectivity index (χ3n) is 4.70. The van der Waals surface area contributed by atoms with E-state index in [-0.39, 0.29) is 11.8 Å². The third-order valence-corrected chi connectivity index (χ3v) is 5.77. The lowest BCUT2D eigenvalue weighted by Crippen LogP contribution is -2.34. The van der Waals surface area contributed by atoms with Crippen LogP contribution >= 0.6 is 11.3 Å². The highest BCUT2D eigenvalue weighted by Gasteiger charge is 2.18. The Kier molecular flexibility index (Phi) is 7.59. The van der Waals surface area contributed by atoms with Crippen molar-refractivity contribution < 1.29 is 9.59 Å². The molecule has 3 rings (SSSR count). The number of hydrogen-bond donors (Lipinski definition) is 1. The molecule has 0 saturated carbocycles. The van der Waals surface area contributed by atoms with Gasteiger partial charge in [0.15, 0.2) is 0 Å². The number of nitrogens with one attached hydrogen (secondary N) is 1. The van der Waals surface area contributed by atoms with Gasteiger partial charge in [-0.25, -0.2) is 0 Å². The van der Waals surface area contributed by atoms with E-state index in [9.17, 15) is 9.59 Å². The summed E-state index contributed by atoms with van der Waals surface area (Å²) in [5, 5.41) is 2.78. The molecule has 0 fully saturated rings. The molecule has 0 atom stereocenters. The van der Waals surface area contributed by atoms with Gasteiger partial charge in [-0.05, 0) is 36.1 Å². The molecule has 4 nitrogen and oxygen atoms in total. The minimum Gasteiger partial charge on any atom is -0.351 e. The molecule has 0 unspecified atom stereocenters. The fraction of sp³-hybridized carbons (Fsp3) is 0.250. The highest BCUT2D eigenvalue weighted by Crippen LogP contribution is 2.19. The normalized spacial score (nSPS) is 10.5. The first-order valence-corrected chi connectivity index (χ1v) is 10.6. The zero-order chi connectivity index (χ0) is 20.5. The summed E-state index contributed by atoms with van der Waals surface area (Å²) in [5.41, 5.74) is 2.45. The molecule has 0 spiro atoms. The van der Waals surface area contributed by atoms with Crippen LogP contribution in [-0.4, -0.2) is 29.8 Å². The summed E-state index contributed by atoms with van der Waals surface area (Å²) >= 11 is 1.45. The van der Waals surface area contributed by atoms with E-state index in [2.05, 4.69) is 29.6 Å². The molecule has 0 aliphatic carbocycles. The van der Waals surface area contributed by atoms with E-state index in [1.807, 2.05) is 53.4 Å². The van der Waals surface area contributed by atoms with Gasteiger partial charge in [-0.15, -0.1) is 11.3 Å². The van der Waals surface area contributed by atoms with Crippen molar-refractivity contribution in [2.75, 3.05) is 13.1 Å². The molecule has 150 valence electrons. The number of amides is 2. The molecule has 0 radical (unpaired) electrons.